The minimum absolute atomic E-state index is 0.235. The SMILES string of the molecule is CCC1(C)c2cccc3c2-c2c(c(C(F)(F)F)n(C)[n+]2C1(C)CC)CCC3. The fourth-order valence-corrected chi connectivity index (χ4v) is 5.75. The van der Waals surface area contributed by atoms with E-state index in [-0.39, 0.29) is 5.41 Å². The van der Waals surface area contributed by atoms with Crippen molar-refractivity contribution in [2.75, 3.05) is 0 Å². The van der Waals surface area contributed by atoms with Crippen LogP contribution >= 0.6 is 0 Å². The van der Waals surface area contributed by atoms with E-state index in [0.717, 1.165) is 36.9 Å². The molecule has 146 valence electrons. The van der Waals surface area contributed by atoms with Gasteiger partial charge in [0.25, 0.3) is 0 Å². The van der Waals surface area contributed by atoms with Gasteiger partial charge in [-0.1, -0.05) is 32.0 Å². The highest BCUT2D eigenvalue weighted by Crippen LogP contribution is 2.53. The Balaban J connectivity index is 2.24. The van der Waals surface area contributed by atoms with Gasteiger partial charge in [0.15, 0.2) is 11.2 Å². The Bertz CT molecular complexity index is 925. The number of aryl methyl sites for hydroxylation is 1. The highest BCUT2D eigenvalue weighted by atomic mass is 19.4. The summed E-state index contributed by atoms with van der Waals surface area (Å²) in [5.74, 6) is 0. The van der Waals surface area contributed by atoms with Crippen LogP contribution in [0, 0.1) is 0 Å². The molecular formula is C22H28F3N2+. The molecule has 0 saturated heterocycles. The first-order valence-electron chi connectivity index (χ1n) is 9.96. The topological polar surface area (TPSA) is 8.81 Å². The van der Waals surface area contributed by atoms with E-state index in [1.54, 1.807) is 7.05 Å². The first kappa shape index (κ1) is 18.6. The quantitative estimate of drug-likeness (QED) is 0.629. The third-order valence-corrected chi connectivity index (χ3v) is 7.58. The molecule has 2 nitrogen and oxygen atoms in total. The van der Waals surface area contributed by atoms with Crippen molar-refractivity contribution in [3.8, 4) is 11.3 Å². The molecule has 2 heterocycles. The molecule has 0 saturated carbocycles. The average molecular weight is 377 g/mol. The minimum Gasteiger partial charge on any atom is -0.164 e. The molecule has 2 unspecified atom stereocenters. The van der Waals surface area contributed by atoms with E-state index in [9.17, 15) is 13.2 Å². The van der Waals surface area contributed by atoms with Crippen molar-refractivity contribution in [1.82, 2.24) is 4.68 Å². The Morgan fingerprint density at radius 2 is 1.81 bits per heavy atom. The molecule has 0 radical (unpaired) electrons. The molecule has 0 amide bonds. The van der Waals surface area contributed by atoms with E-state index in [1.807, 2.05) is 4.68 Å². The largest absolute Gasteiger partial charge is 0.437 e. The third-order valence-electron chi connectivity index (χ3n) is 7.58. The summed E-state index contributed by atoms with van der Waals surface area (Å²) < 4.78 is 45.7. The molecule has 1 aliphatic heterocycles. The van der Waals surface area contributed by atoms with Gasteiger partial charge in [0.2, 0.25) is 5.69 Å². The van der Waals surface area contributed by atoms with Gasteiger partial charge in [-0.15, -0.1) is 4.68 Å². The van der Waals surface area contributed by atoms with Crippen molar-refractivity contribution in [2.45, 2.75) is 76.9 Å². The zero-order valence-electron chi connectivity index (χ0n) is 16.8. The van der Waals surface area contributed by atoms with E-state index in [4.69, 9.17) is 0 Å². The molecule has 0 fully saturated rings. The van der Waals surface area contributed by atoms with Gasteiger partial charge in [-0.2, -0.15) is 17.9 Å². The highest BCUT2D eigenvalue weighted by molar-refractivity contribution is 5.73. The maximum atomic E-state index is 14.1. The van der Waals surface area contributed by atoms with Crippen LogP contribution in [0.15, 0.2) is 18.2 Å². The summed E-state index contributed by atoms with van der Waals surface area (Å²) in [6.45, 7) is 8.62. The van der Waals surface area contributed by atoms with E-state index in [0.29, 0.717) is 12.0 Å². The van der Waals surface area contributed by atoms with Gasteiger partial charge in [-0.25, -0.2) is 0 Å². The van der Waals surface area contributed by atoms with Crippen molar-refractivity contribution in [3.05, 3.63) is 40.6 Å². The van der Waals surface area contributed by atoms with Crippen LogP contribution in [-0.4, -0.2) is 4.68 Å². The van der Waals surface area contributed by atoms with Gasteiger partial charge in [0.1, 0.15) is 0 Å². The number of benzene rings is 1. The average Bonchev–Trinajstić information content (AvgIpc) is 2.80. The Morgan fingerprint density at radius 1 is 1.11 bits per heavy atom. The lowest BCUT2D eigenvalue weighted by molar-refractivity contribution is -0.832. The smallest absolute Gasteiger partial charge is 0.164 e. The molecule has 0 N–H and O–H groups in total. The summed E-state index contributed by atoms with van der Waals surface area (Å²) in [5.41, 5.74) is 3.62. The second-order valence-corrected chi connectivity index (χ2v) is 8.52. The van der Waals surface area contributed by atoms with Crippen molar-refractivity contribution >= 4 is 0 Å². The maximum absolute atomic E-state index is 14.1. The molecule has 5 heteroatoms. The van der Waals surface area contributed by atoms with E-state index < -0.39 is 17.4 Å². The standard InChI is InChI=1S/C22H28F3N2/c1-6-20(3)16-13-9-11-14-10-8-12-15-18(17(14)16)27(21(20,4)7-2)26(5)19(15)22(23,24)25/h9,11,13H,6-8,10,12H2,1-5H3/q+1. The predicted molar refractivity (Wildman–Crippen MR) is 99.7 cm³/mol. The van der Waals surface area contributed by atoms with E-state index in [1.165, 1.54) is 15.8 Å². The summed E-state index contributed by atoms with van der Waals surface area (Å²) in [6, 6.07) is 6.34. The third kappa shape index (κ3) is 2.11. The molecule has 4 rings (SSSR count). The highest BCUT2D eigenvalue weighted by Gasteiger charge is 2.61. The number of nitrogens with zero attached hydrogens (tertiary/aromatic N) is 2. The van der Waals surface area contributed by atoms with Crippen LogP contribution in [0.25, 0.3) is 11.3 Å². The molecule has 1 aromatic heterocycles. The van der Waals surface area contributed by atoms with Crippen LogP contribution in [0.2, 0.25) is 0 Å². The number of halogens is 3. The zero-order valence-corrected chi connectivity index (χ0v) is 16.8. The lowest BCUT2D eigenvalue weighted by Gasteiger charge is -2.45. The van der Waals surface area contributed by atoms with E-state index >= 15 is 0 Å². The summed E-state index contributed by atoms with van der Waals surface area (Å²) >= 11 is 0. The number of alkyl halides is 3. The van der Waals surface area contributed by atoms with Gasteiger partial charge < -0.3 is 0 Å². The lowest BCUT2D eigenvalue weighted by atomic mass is 9.60. The molecule has 1 aromatic carbocycles. The van der Waals surface area contributed by atoms with Crippen LogP contribution in [0.1, 0.15) is 69.3 Å². The van der Waals surface area contributed by atoms with Crippen molar-refractivity contribution in [2.24, 2.45) is 7.05 Å². The monoisotopic (exact) mass is 377 g/mol. The molecule has 2 aliphatic rings. The molecule has 1 aliphatic carbocycles. The van der Waals surface area contributed by atoms with Gasteiger partial charge in [-0.05, 0) is 43.7 Å². The lowest BCUT2D eigenvalue weighted by Crippen LogP contribution is -2.70. The van der Waals surface area contributed by atoms with Gasteiger partial charge >= 0.3 is 6.18 Å². The Morgan fingerprint density at radius 3 is 2.41 bits per heavy atom. The molecule has 0 bridgehead atoms. The normalized spacial score (nSPS) is 26.7. The second-order valence-electron chi connectivity index (χ2n) is 8.52. The Labute approximate surface area is 159 Å². The Hall–Kier alpha value is -1.78. The van der Waals surface area contributed by atoms with Crippen LogP contribution in [0.4, 0.5) is 13.2 Å². The number of hydrogen-bond acceptors (Lipinski definition) is 0. The van der Waals surface area contributed by atoms with Gasteiger partial charge in [-0.3, -0.25) is 0 Å². The predicted octanol–water partition coefficient (Wildman–Crippen LogP) is 5.29. The van der Waals surface area contributed by atoms with Gasteiger partial charge in [0.05, 0.1) is 23.6 Å². The molecule has 0 spiro atoms. The maximum Gasteiger partial charge on any atom is 0.437 e. The molecule has 2 aromatic rings. The van der Waals surface area contributed by atoms with Crippen molar-refractivity contribution in [3.63, 3.8) is 0 Å². The Kier molecular flexibility index (Phi) is 3.86. The van der Waals surface area contributed by atoms with Crippen molar-refractivity contribution in [1.29, 1.82) is 0 Å². The first-order valence-corrected chi connectivity index (χ1v) is 9.96. The first-order chi connectivity index (χ1) is 12.6. The van der Waals surface area contributed by atoms with Crippen LogP contribution in [0.5, 0.6) is 0 Å². The molecular weight excluding hydrogens is 349 g/mol. The van der Waals surface area contributed by atoms with E-state index in [2.05, 4.69) is 45.9 Å². The minimum atomic E-state index is -4.36. The number of aromatic nitrogens is 2. The summed E-state index contributed by atoms with van der Waals surface area (Å²) in [7, 11) is 1.59. The fourth-order valence-electron chi connectivity index (χ4n) is 5.75. The summed E-state index contributed by atoms with van der Waals surface area (Å²) in [5, 5.41) is 0. The van der Waals surface area contributed by atoms with Gasteiger partial charge in [0, 0.05) is 13.3 Å². The fraction of sp³-hybridized carbons (Fsp3) is 0.591. The van der Waals surface area contributed by atoms with Crippen molar-refractivity contribution < 1.29 is 17.9 Å². The van der Waals surface area contributed by atoms with Crippen LogP contribution in [-0.2, 0) is 37.0 Å². The van der Waals surface area contributed by atoms with Crippen LogP contribution < -0.4 is 4.68 Å². The molecule has 27 heavy (non-hydrogen) atoms. The number of rotatable bonds is 2. The summed E-state index contributed by atoms with van der Waals surface area (Å²) in [4.78, 5) is 0. The molecule has 2 atom stereocenters. The van der Waals surface area contributed by atoms with Crippen LogP contribution in [0.3, 0.4) is 0 Å². The summed E-state index contributed by atoms with van der Waals surface area (Å²) in [6.07, 6.45) is -0.647. The number of hydrogen-bond donors (Lipinski definition) is 0. The zero-order chi connectivity index (χ0) is 19.8. The second kappa shape index (κ2) is 5.62.